The topological polar surface area (TPSA) is 76.9 Å². The standard InChI is InChI=1S/C11H12BrClN4O2S/c1-6-10(7(2)17(3)15-6)16-20(18,19)8-4-9(12)11(13)14-5-8/h4-5,16H,1-3H3. The summed E-state index contributed by atoms with van der Waals surface area (Å²) >= 11 is 8.91. The van der Waals surface area contributed by atoms with Gasteiger partial charge in [-0.2, -0.15) is 5.10 Å². The van der Waals surface area contributed by atoms with E-state index < -0.39 is 10.0 Å². The van der Waals surface area contributed by atoms with E-state index in [2.05, 4.69) is 30.7 Å². The van der Waals surface area contributed by atoms with Gasteiger partial charge in [0.15, 0.2) is 0 Å². The van der Waals surface area contributed by atoms with Crippen LogP contribution in [0.2, 0.25) is 5.15 Å². The first kappa shape index (κ1) is 15.3. The first-order chi connectivity index (χ1) is 9.22. The summed E-state index contributed by atoms with van der Waals surface area (Å²) in [6.45, 7) is 3.52. The molecule has 0 amide bonds. The molecule has 0 saturated carbocycles. The third-order valence-corrected chi connectivity index (χ3v) is 5.28. The average molecular weight is 380 g/mol. The van der Waals surface area contributed by atoms with Crippen molar-refractivity contribution >= 4 is 43.2 Å². The minimum absolute atomic E-state index is 0.0245. The highest BCUT2D eigenvalue weighted by atomic mass is 79.9. The first-order valence-corrected chi connectivity index (χ1v) is 8.22. The number of sulfonamides is 1. The van der Waals surface area contributed by atoms with E-state index in [4.69, 9.17) is 11.6 Å². The summed E-state index contributed by atoms with van der Waals surface area (Å²) in [7, 11) is -1.99. The number of pyridine rings is 1. The SMILES string of the molecule is Cc1nn(C)c(C)c1NS(=O)(=O)c1cnc(Cl)c(Br)c1. The summed E-state index contributed by atoms with van der Waals surface area (Å²) in [5, 5.41) is 4.37. The van der Waals surface area contributed by atoms with Gasteiger partial charge in [-0.05, 0) is 35.8 Å². The Hall–Kier alpha value is -1.12. The van der Waals surface area contributed by atoms with Crippen LogP contribution < -0.4 is 4.72 Å². The highest BCUT2D eigenvalue weighted by molar-refractivity contribution is 9.10. The molecule has 0 aliphatic carbocycles. The Morgan fingerprint density at radius 1 is 1.40 bits per heavy atom. The number of anilines is 1. The third-order valence-electron chi connectivity index (χ3n) is 2.83. The van der Waals surface area contributed by atoms with Crippen molar-refractivity contribution in [1.82, 2.24) is 14.8 Å². The molecule has 0 fully saturated rings. The zero-order valence-corrected chi connectivity index (χ0v) is 14.1. The molecule has 0 atom stereocenters. The molecule has 20 heavy (non-hydrogen) atoms. The summed E-state index contributed by atoms with van der Waals surface area (Å²) < 4.78 is 29.2. The van der Waals surface area contributed by atoms with Crippen molar-refractivity contribution in [3.63, 3.8) is 0 Å². The highest BCUT2D eigenvalue weighted by Gasteiger charge is 2.20. The lowest BCUT2D eigenvalue weighted by Gasteiger charge is -2.08. The molecule has 0 bridgehead atoms. The Balaban J connectivity index is 2.43. The van der Waals surface area contributed by atoms with Crippen LogP contribution in [0.25, 0.3) is 0 Å². The van der Waals surface area contributed by atoms with Gasteiger partial charge in [0.1, 0.15) is 10.0 Å². The quantitative estimate of drug-likeness (QED) is 0.832. The van der Waals surface area contributed by atoms with Crippen molar-refractivity contribution in [2.45, 2.75) is 18.7 Å². The lowest BCUT2D eigenvalue weighted by Crippen LogP contribution is -2.14. The molecule has 2 aromatic rings. The van der Waals surface area contributed by atoms with Crippen molar-refractivity contribution in [3.8, 4) is 0 Å². The van der Waals surface area contributed by atoms with E-state index >= 15 is 0 Å². The molecule has 108 valence electrons. The molecule has 0 aliphatic heterocycles. The predicted octanol–water partition coefficient (Wildman–Crippen LogP) is 2.65. The molecular weight excluding hydrogens is 368 g/mol. The number of hydrogen-bond donors (Lipinski definition) is 1. The fourth-order valence-corrected chi connectivity index (χ4v) is 3.42. The molecule has 0 saturated heterocycles. The second-order valence-electron chi connectivity index (χ2n) is 4.22. The van der Waals surface area contributed by atoms with Crippen LogP contribution >= 0.6 is 27.5 Å². The van der Waals surface area contributed by atoms with Crippen LogP contribution in [-0.4, -0.2) is 23.2 Å². The Labute approximate surface area is 130 Å². The van der Waals surface area contributed by atoms with E-state index in [1.807, 2.05) is 0 Å². The lowest BCUT2D eigenvalue weighted by molar-refractivity contribution is 0.600. The smallest absolute Gasteiger partial charge is 0.263 e. The van der Waals surface area contributed by atoms with E-state index in [-0.39, 0.29) is 10.0 Å². The largest absolute Gasteiger partial charge is 0.276 e. The summed E-state index contributed by atoms with van der Waals surface area (Å²) in [5.41, 5.74) is 1.81. The fourth-order valence-electron chi connectivity index (χ4n) is 1.67. The maximum absolute atomic E-state index is 12.3. The molecule has 0 radical (unpaired) electrons. The third kappa shape index (κ3) is 2.82. The lowest BCUT2D eigenvalue weighted by atomic mass is 10.3. The van der Waals surface area contributed by atoms with E-state index in [9.17, 15) is 8.42 Å². The Bertz CT molecular complexity index is 773. The Kier molecular flexibility index (Phi) is 4.08. The Morgan fingerprint density at radius 2 is 2.05 bits per heavy atom. The fraction of sp³-hybridized carbons (Fsp3) is 0.273. The number of nitrogens with zero attached hydrogens (tertiary/aromatic N) is 3. The van der Waals surface area contributed by atoms with Crippen LogP contribution in [0, 0.1) is 13.8 Å². The molecule has 0 unspecified atom stereocenters. The Morgan fingerprint density at radius 3 is 2.55 bits per heavy atom. The number of hydrogen-bond acceptors (Lipinski definition) is 4. The molecule has 2 heterocycles. The van der Waals surface area contributed by atoms with Gasteiger partial charge in [-0.1, -0.05) is 11.6 Å². The monoisotopic (exact) mass is 378 g/mol. The van der Waals surface area contributed by atoms with Gasteiger partial charge < -0.3 is 0 Å². The van der Waals surface area contributed by atoms with Crippen molar-refractivity contribution in [2.24, 2.45) is 7.05 Å². The number of halogens is 2. The van der Waals surface area contributed by atoms with Gasteiger partial charge in [0, 0.05) is 13.2 Å². The van der Waals surface area contributed by atoms with E-state index in [1.165, 1.54) is 12.3 Å². The number of nitrogens with one attached hydrogen (secondary N) is 1. The van der Waals surface area contributed by atoms with Crippen molar-refractivity contribution in [3.05, 3.63) is 33.3 Å². The minimum Gasteiger partial charge on any atom is -0.276 e. The van der Waals surface area contributed by atoms with Gasteiger partial charge in [0.25, 0.3) is 10.0 Å². The minimum atomic E-state index is -3.74. The molecule has 9 heteroatoms. The molecule has 2 rings (SSSR count). The summed E-state index contributed by atoms with van der Waals surface area (Å²) in [4.78, 5) is 3.84. The molecule has 0 aromatic carbocycles. The molecule has 2 aromatic heterocycles. The normalized spacial score (nSPS) is 11.7. The molecule has 0 aliphatic rings. The summed E-state index contributed by atoms with van der Waals surface area (Å²) in [6, 6.07) is 1.40. The van der Waals surface area contributed by atoms with E-state index in [1.54, 1.807) is 25.6 Å². The number of aromatic nitrogens is 3. The van der Waals surface area contributed by atoms with Crippen LogP contribution in [0.5, 0.6) is 0 Å². The zero-order valence-electron chi connectivity index (χ0n) is 11.0. The van der Waals surface area contributed by atoms with Gasteiger partial charge in [0.2, 0.25) is 0 Å². The van der Waals surface area contributed by atoms with Crippen LogP contribution in [-0.2, 0) is 17.1 Å². The van der Waals surface area contributed by atoms with Crippen LogP contribution in [0.4, 0.5) is 5.69 Å². The summed E-state index contributed by atoms with van der Waals surface area (Å²) in [5.74, 6) is 0. The second kappa shape index (κ2) is 5.34. The maximum Gasteiger partial charge on any atom is 0.263 e. The van der Waals surface area contributed by atoms with Gasteiger partial charge in [0.05, 0.1) is 21.5 Å². The predicted molar refractivity (Wildman–Crippen MR) is 80.4 cm³/mol. The highest BCUT2D eigenvalue weighted by Crippen LogP contribution is 2.26. The molecule has 0 spiro atoms. The van der Waals surface area contributed by atoms with Crippen molar-refractivity contribution in [2.75, 3.05) is 4.72 Å². The van der Waals surface area contributed by atoms with Crippen LogP contribution in [0.3, 0.4) is 0 Å². The summed E-state index contributed by atoms with van der Waals surface area (Å²) in [6.07, 6.45) is 1.20. The van der Waals surface area contributed by atoms with Crippen molar-refractivity contribution < 1.29 is 8.42 Å². The van der Waals surface area contributed by atoms with E-state index in [0.717, 1.165) is 5.69 Å². The number of rotatable bonds is 3. The first-order valence-electron chi connectivity index (χ1n) is 5.56. The van der Waals surface area contributed by atoms with Gasteiger partial charge in [-0.3, -0.25) is 9.40 Å². The zero-order chi connectivity index (χ0) is 15.1. The van der Waals surface area contributed by atoms with Crippen molar-refractivity contribution in [1.29, 1.82) is 0 Å². The molecular formula is C11H12BrClN4O2S. The molecule has 1 N–H and O–H groups in total. The maximum atomic E-state index is 12.3. The average Bonchev–Trinajstić information content (AvgIpc) is 2.59. The van der Waals surface area contributed by atoms with Gasteiger partial charge >= 0.3 is 0 Å². The number of aryl methyl sites for hydroxylation is 2. The van der Waals surface area contributed by atoms with Crippen LogP contribution in [0.15, 0.2) is 21.6 Å². The van der Waals surface area contributed by atoms with E-state index in [0.29, 0.717) is 15.9 Å². The molecule has 6 nitrogen and oxygen atoms in total. The van der Waals surface area contributed by atoms with Gasteiger partial charge in [-0.15, -0.1) is 0 Å². The van der Waals surface area contributed by atoms with Crippen LogP contribution in [0.1, 0.15) is 11.4 Å². The van der Waals surface area contributed by atoms with Gasteiger partial charge in [-0.25, -0.2) is 13.4 Å². The second-order valence-corrected chi connectivity index (χ2v) is 7.11.